The first-order chi connectivity index (χ1) is 12.0. The second-order valence-electron chi connectivity index (χ2n) is 5.95. The van der Waals surface area contributed by atoms with Gasteiger partial charge in [0, 0.05) is 17.7 Å². The maximum Gasteiger partial charge on any atom is 0.223 e. The molecule has 1 aromatic heterocycles. The summed E-state index contributed by atoms with van der Waals surface area (Å²) in [5.74, 6) is 0.805. The fourth-order valence-electron chi connectivity index (χ4n) is 2.81. The summed E-state index contributed by atoms with van der Waals surface area (Å²) < 4.78 is 0. The van der Waals surface area contributed by atoms with Crippen molar-refractivity contribution in [3.8, 4) is 0 Å². The van der Waals surface area contributed by atoms with E-state index < -0.39 is 0 Å². The largest absolute Gasteiger partial charge is 0.396 e. The van der Waals surface area contributed by atoms with Crippen LogP contribution in [0.25, 0.3) is 0 Å². The Balaban J connectivity index is 1.83. The third-order valence-electron chi connectivity index (χ3n) is 4.09. The number of rotatable bonds is 5. The standard InChI is InChI=1S/C16H18Cl2N6O/c17-10-2-5-11(6-3-10)23-24-13-14(18)21-16(19)22-15(13)20-12-4-1-9(7-12)8-25/h2-3,5-6,9,12,25H,1,4,7-8H2,(H3,19,20,21,22)/t9-,12+/m1/s1. The molecule has 0 spiro atoms. The molecule has 1 aliphatic carbocycles. The molecule has 3 rings (SSSR count). The van der Waals surface area contributed by atoms with Crippen molar-refractivity contribution in [2.75, 3.05) is 17.7 Å². The molecular weight excluding hydrogens is 363 g/mol. The maximum absolute atomic E-state index is 9.29. The number of nitrogens with zero attached hydrogens (tertiary/aromatic N) is 4. The number of hydrogen-bond donors (Lipinski definition) is 3. The summed E-state index contributed by atoms with van der Waals surface area (Å²) in [4.78, 5) is 8.15. The number of nitrogens with two attached hydrogens (primary N) is 1. The van der Waals surface area contributed by atoms with Crippen LogP contribution in [0.5, 0.6) is 0 Å². The van der Waals surface area contributed by atoms with Gasteiger partial charge in [0.05, 0.1) is 5.69 Å². The van der Waals surface area contributed by atoms with Gasteiger partial charge in [0.15, 0.2) is 16.7 Å². The van der Waals surface area contributed by atoms with Crippen molar-refractivity contribution in [3.63, 3.8) is 0 Å². The molecule has 132 valence electrons. The molecule has 0 radical (unpaired) electrons. The second kappa shape index (κ2) is 7.95. The van der Waals surface area contributed by atoms with Crippen LogP contribution in [0.2, 0.25) is 10.2 Å². The van der Waals surface area contributed by atoms with Crippen LogP contribution in [0.4, 0.5) is 23.1 Å². The molecule has 25 heavy (non-hydrogen) atoms. The summed E-state index contributed by atoms with van der Waals surface area (Å²) in [7, 11) is 0. The Morgan fingerprint density at radius 2 is 1.92 bits per heavy atom. The van der Waals surface area contributed by atoms with Crippen LogP contribution in [0.15, 0.2) is 34.5 Å². The predicted octanol–water partition coefficient (Wildman–Crippen LogP) is 4.35. The van der Waals surface area contributed by atoms with Gasteiger partial charge < -0.3 is 16.2 Å². The first-order valence-electron chi connectivity index (χ1n) is 7.93. The number of nitrogens with one attached hydrogen (secondary N) is 1. The quantitative estimate of drug-likeness (QED) is 0.527. The maximum atomic E-state index is 9.29. The van der Waals surface area contributed by atoms with Gasteiger partial charge in [-0.1, -0.05) is 23.2 Å². The molecule has 0 bridgehead atoms. The van der Waals surface area contributed by atoms with E-state index in [-0.39, 0.29) is 23.8 Å². The lowest BCUT2D eigenvalue weighted by atomic mass is 10.1. The molecule has 0 saturated heterocycles. The van der Waals surface area contributed by atoms with Crippen LogP contribution in [0.1, 0.15) is 19.3 Å². The molecule has 0 amide bonds. The normalized spacial score (nSPS) is 20.3. The van der Waals surface area contributed by atoms with Gasteiger partial charge >= 0.3 is 0 Å². The van der Waals surface area contributed by atoms with E-state index in [1.165, 1.54) is 0 Å². The number of aliphatic hydroxyl groups excluding tert-OH is 1. The zero-order chi connectivity index (χ0) is 17.8. The summed E-state index contributed by atoms with van der Waals surface area (Å²) in [6.45, 7) is 0.188. The van der Waals surface area contributed by atoms with Gasteiger partial charge in [-0.25, -0.2) is 0 Å². The van der Waals surface area contributed by atoms with Gasteiger partial charge in [0.25, 0.3) is 0 Å². The van der Waals surface area contributed by atoms with Gasteiger partial charge in [-0.15, -0.1) is 5.11 Å². The number of halogens is 2. The zero-order valence-electron chi connectivity index (χ0n) is 13.4. The monoisotopic (exact) mass is 380 g/mol. The minimum Gasteiger partial charge on any atom is -0.396 e. The molecule has 0 aliphatic heterocycles. The molecule has 2 atom stereocenters. The molecule has 1 aliphatic rings. The number of aliphatic hydroxyl groups is 1. The Kier molecular flexibility index (Phi) is 5.67. The highest BCUT2D eigenvalue weighted by Crippen LogP contribution is 2.35. The van der Waals surface area contributed by atoms with Crippen molar-refractivity contribution in [1.29, 1.82) is 0 Å². The number of aromatic nitrogens is 2. The minimum absolute atomic E-state index is 0.0645. The Morgan fingerprint density at radius 1 is 1.16 bits per heavy atom. The Morgan fingerprint density at radius 3 is 2.60 bits per heavy atom. The fourth-order valence-corrected chi connectivity index (χ4v) is 3.15. The minimum atomic E-state index is 0.0645. The van der Waals surface area contributed by atoms with Crippen molar-refractivity contribution in [2.24, 2.45) is 16.1 Å². The summed E-state index contributed by atoms with van der Waals surface area (Å²) in [5, 5.41) is 21.7. The van der Waals surface area contributed by atoms with Gasteiger partial charge in [0.1, 0.15) is 0 Å². The predicted molar refractivity (Wildman–Crippen MR) is 98.9 cm³/mol. The smallest absolute Gasteiger partial charge is 0.223 e. The number of anilines is 2. The summed E-state index contributed by atoms with van der Waals surface area (Å²) in [6, 6.07) is 7.11. The Labute approximate surface area is 155 Å². The van der Waals surface area contributed by atoms with Crippen LogP contribution in [0.3, 0.4) is 0 Å². The van der Waals surface area contributed by atoms with Gasteiger partial charge in [-0.3, -0.25) is 0 Å². The van der Waals surface area contributed by atoms with E-state index in [2.05, 4.69) is 25.5 Å². The fraction of sp³-hybridized carbons (Fsp3) is 0.375. The SMILES string of the molecule is Nc1nc(Cl)c(N=Nc2ccc(Cl)cc2)c(N[C@H]2CC[C@@H](CO)C2)n1. The molecule has 7 nitrogen and oxygen atoms in total. The van der Waals surface area contributed by atoms with Crippen molar-refractivity contribution in [2.45, 2.75) is 25.3 Å². The number of hydrogen-bond acceptors (Lipinski definition) is 7. The van der Waals surface area contributed by atoms with E-state index in [4.69, 9.17) is 28.9 Å². The summed E-state index contributed by atoms with van der Waals surface area (Å²) in [6.07, 6.45) is 2.75. The molecule has 0 unspecified atom stereocenters. The van der Waals surface area contributed by atoms with Gasteiger partial charge in [0.2, 0.25) is 5.95 Å². The molecule has 1 heterocycles. The average Bonchev–Trinajstić information content (AvgIpc) is 3.03. The van der Waals surface area contributed by atoms with E-state index in [1.54, 1.807) is 24.3 Å². The zero-order valence-corrected chi connectivity index (χ0v) is 14.9. The summed E-state index contributed by atoms with van der Waals surface area (Å²) in [5.41, 5.74) is 6.67. The van der Waals surface area contributed by atoms with E-state index in [1.807, 2.05) is 0 Å². The molecule has 1 fully saturated rings. The molecule has 1 aromatic carbocycles. The third-order valence-corrected chi connectivity index (χ3v) is 4.61. The van der Waals surface area contributed by atoms with Crippen molar-refractivity contribution in [1.82, 2.24) is 9.97 Å². The lowest BCUT2D eigenvalue weighted by Crippen LogP contribution is -2.18. The van der Waals surface area contributed by atoms with Crippen molar-refractivity contribution in [3.05, 3.63) is 34.4 Å². The topological polar surface area (TPSA) is 109 Å². The third kappa shape index (κ3) is 4.56. The number of azo groups is 1. The summed E-state index contributed by atoms with van der Waals surface area (Å²) >= 11 is 12.0. The molecule has 4 N–H and O–H groups in total. The van der Waals surface area contributed by atoms with Crippen molar-refractivity contribution < 1.29 is 5.11 Å². The van der Waals surface area contributed by atoms with Crippen LogP contribution in [-0.4, -0.2) is 27.7 Å². The highest BCUT2D eigenvalue weighted by atomic mass is 35.5. The van der Waals surface area contributed by atoms with Crippen LogP contribution >= 0.6 is 23.2 Å². The highest BCUT2D eigenvalue weighted by molar-refractivity contribution is 6.32. The highest BCUT2D eigenvalue weighted by Gasteiger charge is 2.25. The molecule has 9 heteroatoms. The first kappa shape index (κ1) is 17.8. The Hall–Kier alpha value is -1.96. The number of nitrogen functional groups attached to an aromatic ring is 1. The van der Waals surface area contributed by atoms with Gasteiger partial charge in [-0.2, -0.15) is 15.1 Å². The average molecular weight is 381 g/mol. The Bertz CT molecular complexity index is 768. The second-order valence-corrected chi connectivity index (χ2v) is 6.74. The van der Waals surface area contributed by atoms with Crippen LogP contribution < -0.4 is 11.1 Å². The van der Waals surface area contributed by atoms with E-state index >= 15 is 0 Å². The molecular formula is C16H18Cl2N6O. The molecule has 2 aromatic rings. The van der Waals surface area contributed by atoms with E-state index in [9.17, 15) is 5.11 Å². The van der Waals surface area contributed by atoms with Crippen LogP contribution in [-0.2, 0) is 0 Å². The lowest BCUT2D eigenvalue weighted by Gasteiger charge is -2.15. The van der Waals surface area contributed by atoms with Crippen LogP contribution in [0, 0.1) is 5.92 Å². The molecule has 1 saturated carbocycles. The van der Waals surface area contributed by atoms with E-state index in [0.717, 1.165) is 19.3 Å². The lowest BCUT2D eigenvalue weighted by molar-refractivity contribution is 0.229. The van der Waals surface area contributed by atoms with E-state index in [0.29, 0.717) is 28.1 Å². The number of benzene rings is 1. The first-order valence-corrected chi connectivity index (χ1v) is 8.68. The van der Waals surface area contributed by atoms with Crippen molar-refractivity contribution >= 4 is 46.3 Å². The van der Waals surface area contributed by atoms with Gasteiger partial charge in [-0.05, 0) is 49.4 Å².